The molecule has 0 heterocycles. The first-order valence-electron chi connectivity index (χ1n) is 8.15. The van der Waals surface area contributed by atoms with Gasteiger partial charge in [0, 0.05) is 19.7 Å². The topological polar surface area (TPSA) is 50.7 Å². The minimum absolute atomic E-state index is 0.0360. The van der Waals surface area contributed by atoms with Crippen LogP contribution in [0.25, 0.3) is 0 Å². The molecule has 0 saturated heterocycles. The maximum absolute atomic E-state index is 9.94. The smallest absolute Gasteiger partial charge is 0.0897 e. The lowest BCUT2D eigenvalue weighted by Crippen LogP contribution is -2.40. The minimum Gasteiger partial charge on any atom is -0.389 e. The number of aliphatic hydroxyl groups excluding tert-OH is 1. The second kappa shape index (κ2) is 10.6. The number of aliphatic hydroxyl groups is 1. The third-order valence-electron chi connectivity index (χ3n) is 4.26. The molecular formula is C16H33NO3. The summed E-state index contributed by atoms with van der Waals surface area (Å²) in [5, 5.41) is 13.4. The SMILES string of the molecule is COCC(C)OCC(O)CN[C@@H](C)C1CCCCCC1. The highest BCUT2D eigenvalue weighted by Crippen LogP contribution is 2.25. The minimum atomic E-state index is -0.442. The highest BCUT2D eigenvalue weighted by molar-refractivity contribution is 4.76. The summed E-state index contributed by atoms with van der Waals surface area (Å²) in [6, 6.07) is 0.485. The molecule has 1 saturated carbocycles. The lowest BCUT2D eigenvalue weighted by Gasteiger charge is -2.25. The zero-order chi connectivity index (χ0) is 14.8. The molecule has 0 bridgehead atoms. The average Bonchev–Trinajstić information content (AvgIpc) is 2.72. The normalized spacial score (nSPS) is 22.2. The van der Waals surface area contributed by atoms with E-state index in [0.717, 1.165) is 5.92 Å². The summed E-state index contributed by atoms with van der Waals surface area (Å²) in [5.74, 6) is 0.762. The molecule has 1 rings (SSSR count). The molecule has 4 nitrogen and oxygen atoms in total. The van der Waals surface area contributed by atoms with Gasteiger partial charge in [-0.2, -0.15) is 0 Å². The van der Waals surface area contributed by atoms with Crippen LogP contribution in [0.1, 0.15) is 52.4 Å². The number of rotatable bonds is 9. The van der Waals surface area contributed by atoms with Crippen molar-refractivity contribution >= 4 is 0 Å². The quantitative estimate of drug-likeness (QED) is 0.639. The molecule has 4 heteroatoms. The fourth-order valence-electron chi connectivity index (χ4n) is 2.92. The van der Waals surface area contributed by atoms with Crippen LogP contribution in [0.2, 0.25) is 0 Å². The maximum Gasteiger partial charge on any atom is 0.0897 e. The molecule has 0 radical (unpaired) electrons. The Balaban J connectivity index is 2.14. The van der Waals surface area contributed by atoms with Crippen molar-refractivity contribution in [2.24, 2.45) is 5.92 Å². The van der Waals surface area contributed by atoms with E-state index in [2.05, 4.69) is 12.2 Å². The first-order valence-corrected chi connectivity index (χ1v) is 8.15. The van der Waals surface area contributed by atoms with E-state index in [9.17, 15) is 5.11 Å². The lowest BCUT2D eigenvalue weighted by molar-refractivity contribution is -0.0318. The third kappa shape index (κ3) is 7.58. The van der Waals surface area contributed by atoms with Gasteiger partial charge in [0.25, 0.3) is 0 Å². The summed E-state index contributed by atoms with van der Waals surface area (Å²) in [6.07, 6.45) is 7.73. The molecular weight excluding hydrogens is 254 g/mol. The molecule has 0 aliphatic heterocycles. The number of ether oxygens (including phenoxy) is 2. The molecule has 3 atom stereocenters. The molecule has 0 aromatic heterocycles. The number of hydrogen-bond acceptors (Lipinski definition) is 4. The van der Waals surface area contributed by atoms with Crippen LogP contribution in [0.3, 0.4) is 0 Å². The van der Waals surface area contributed by atoms with Gasteiger partial charge in [-0.1, -0.05) is 25.7 Å². The Hall–Kier alpha value is -0.160. The Morgan fingerprint density at radius 3 is 2.35 bits per heavy atom. The largest absolute Gasteiger partial charge is 0.389 e. The van der Waals surface area contributed by atoms with E-state index in [0.29, 0.717) is 25.8 Å². The van der Waals surface area contributed by atoms with Crippen molar-refractivity contribution in [3.8, 4) is 0 Å². The van der Waals surface area contributed by atoms with Gasteiger partial charge in [0.05, 0.1) is 25.4 Å². The summed E-state index contributed by atoms with van der Waals surface area (Å²) >= 11 is 0. The molecule has 1 aliphatic carbocycles. The van der Waals surface area contributed by atoms with E-state index in [4.69, 9.17) is 9.47 Å². The Bertz CT molecular complexity index is 230. The standard InChI is InChI=1S/C16H33NO3/c1-13(11-19-3)20-12-16(18)10-17-14(2)15-8-6-4-5-7-9-15/h13-18H,4-12H2,1-3H3/t13?,14-,16?/m0/s1. The van der Waals surface area contributed by atoms with Gasteiger partial charge >= 0.3 is 0 Å². The second-order valence-corrected chi connectivity index (χ2v) is 6.20. The summed E-state index contributed by atoms with van der Waals surface area (Å²) in [7, 11) is 1.66. The first kappa shape index (κ1) is 17.9. The average molecular weight is 287 g/mol. The molecule has 0 aromatic carbocycles. The predicted octanol–water partition coefficient (Wildman–Crippen LogP) is 2.35. The fourth-order valence-corrected chi connectivity index (χ4v) is 2.92. The van der Waals surface area contributed by atoms with Crippen LogP contribution < -0.4 is 5.32 Å². The second-order valence-electron chi connectivity index (χ2n) is 6.20. The van der Waals surface area contributed by atoms with Gasteiger partial charge < -0.3 is 19.9 Å². The van der Waals surface area contributed by atoms with Crippen molar-refractivity contribution in [3.63, 3.8) is 0 Å². The van der Waals surface area contributed by atoms with Crippen molar-refractivity contribution in [1.82, 2.24) is 5.32 Å². The van der Waals surface area contributed by atoms with Gasteiger partial charge in [-0.25, -0.2) is 0 Å². The van der Waals surface area contributed by atoms with Crippen molar-refractivity contribution in [1.29, 1.82) is 0 Å². The Morgan fingerprint density at radius 1 is 1.10 bits per heavy atom. The molecule has 0 spiro atoms. The highest BCUT2D eigenvalue weighted by atomic mass is 16.5. The van der Waals surface area contributed by atoms with E-state index in [-0.39, 0.29) is 6.10 Å². The monoisotopic (exact) mass is 287 g/mol. The van der Waals surface area contributed by atoms with E-state index >= 15 is 0 Å². The molecule has 1 fully saturated rings. The van der Waals surface area contributed by atoms with Crippen LogP contribution in [-0.2, 0) is 9.47 Å². The van der Waals surface area contributed by atoms with E-state index in [1.54, 1.807) is 7.11 Å². The molecule has 2 N–H and O–H groups in total. The van der Waals surface area contributed by atoms with Crippen LogP contribution >= 0.6 is 0 Å². The zero-order valence-electron chi connectivity index (χ0n) is 13.4. The van der Waals surface area contributed by atoms with E-state index in [1.165, 1.54) is 38.5 Å². The molecule has 1 aliphatic rings. The molecule has 20 heavy (non-hydrogen) atoms. The molecule has 0 aromatic rings. The van der Waals surface area contributed by atoms with Gasteiger partial charge in [0.1, 0.15) is 0 Å². The van der Waals surface area contributed by atoms with Crippen LogP contribution in [0.4, 0.5) is 0 Å². The maximum atomic E-state index is 9.94. The Kier molecular flexibility index (Phi) is 9.44. The van der Waals surface area contributed by atoms with Crippen molar-refractivity contribution in [2.75, 3.05) is 26.9 Å². The Morgan fingerprint density at radius 2 is 1.75 bits per heavy atom. The van der Waals surface area contributed by atoms with Gasteiger partial charge in [-0.05, 0) is 32.6 Å². The summed E-state index contributed by atoms with van der Waals surface area (Å²) in [5.41, 5.74) is 0. The molecule has 2 unspecified atom stereocenters. The van der Waals surface area contributed by atoms with Crippen LogP contribution in [0, 0.1) is 5.92 Å². The van der Waals surface area contributed by atoms with Crippen molar-refractivity contribution in [2.45, 2.75) is 70.6 Å². The zero-order valence-corrected chi connectivity index (χ0v) is 13.4. The van der Waals surface area contributed by atoms with E-state index in [1.807, 2.05) is 6.92 Å². The number of nitrogens with one attached hydrogen (secondary N) is 1. The van der Waals surface area contributed by atoms with Gasteiger partial charge in [-0.3, -0.25) is 0 Å². The highest BCUT2D eigenvalue weighted by Gasteiger charge is 2.19. The van der Waals surface area contributed by atoms with Crippen LogP contribution in [-0.4, -0.2) is 50.2 Å². The van der Waals surface area contributed by atoms with Crippen LogP contribution in [0.5, 0.6) is 0 Å². The predicted molar refractivity (Wildman–Crippen MR) is 82.0 cm³/mol. The van der Waals surface area contributed by atoms with Crippen molar-refractivity contribution < 1.29 is 14.6 Å². The lowest BCUT2D eigenvalue weighted by atomic mass is 9.93. The van der Waals surface area contributed by atoms with Gasteiger partial charge in [-0.15, -0.1) is 0 Å². The fraction of sp³-hybridized carbons (Fsp3) is 1.00. The molecule has 0 amide bonds. The number of hydrogen-bond donors (Lipinski definition) is 2. The van der Waals surface area contributed by atoms with Gasteiger partial charge in [0.15, 0.2) is 0 Å². The summed E-state index contributed by atoms with van der Waals surface area (Å²) < 4.78 is 10.5. The summed E-state index contributed by atoms with van der Waals surface area (Å²) in [4.78, 5) is 0. The van der Waals surface area contributed by atoms with Gasteiger partial charge in [0.2, 0.25) is 0 Å². The molecule has 120 valence electrons. The number of methoxy groups -OCH3 is 1. The van der Waals surface area contributed by atoms with Crippen LogP contribution in [0.15, 0.2) is 0 Å². The first-order chi connectivity index (χ1) is 9.63. The summed E-state index contributed by atoms with van der Waals surface area (Å²) in [6.45, 7) is 5.75. The van der Waals surface area contributed by atoms with E-state index < -0.39 is 6.10 Å². The Labute approximate surface area is 124 Å². The third-order valence-corrected chi connectivity index (χ3v) is 4.26. The van der Waals surface area contributed by atoms with Crippen molar-refractivity contribution in [3.05, 3.63) is 0 Å².